The fourth-order valence-electron chi connectivity index (χ4n) is 2.46. The Bertz CT molecular complexity index is 687. The van der Waals surface area contributed by atoms with Gasteiger partial charge in [-0.25, -0.2) is 4.98 Å². The summed E-state index contributed by atoms with van der Waals surface area (Å²) in [6.07, 6.45) is 2.41. The maximum atomic E-state index is 12.3. The van der Waals surface area contributed by atoms with E-state index in [9.17, 15) is 4.79 Å². The van der Waals surface area contributed by atoms with Gasteiger partial charge in [0.2, 0.25) is 5.91 Å². The van der Waals surface area contributed by atoms with E-state index >= 15 is 0 Å². The van der Waals surface area contributed by atoms with Gasteiger partial charge in [0.05, 0.1) is 6.04 Å². The highest BCUT2D eigenvalue weighted by atomic mass is 79.9. The quantitative estimate of drug-likeness (QED) is 0.879. The molecule has 0 saturated carbocycles. The number of amides is 1. The Morgan fingerprint density at radius 3 is 2.90 bits per heavy atom. The lowest BCUT2D eigenvalue weighted by molar-refractivity contribution is -0.118. The zero-order chi connectivity index (χ0) is 14.8. The van der Waals surface area contributed by atoms with Gasteiger partial charge in [-0.1, -0.05) is 24.3 Å². The van der Waals surface area contributed by atoms with Gasteiger partial charge in [-0.05, 0) is 52.0 Å². The average molecular weight is 346 g/mol. The summed E-state index contributed by atoms with van der Waals surface area (Å²) in [5.74, 6) is 0.542. The maximum Gasteiger partial charge on any atom is 0.243 e. The Morgan fingerprint density at radius 1 is 1.38 bits per heavy atom. The van der Waals surface area contributed by atoms with Crippen molar-refractivity contribution < 1.29 is 4.79 Å². The normalized spacial score (nSPS) is 17.1. The molecule has 1 aromatic heterocycles. The van der Waals surface area contributed by atoms with E-state index in [0.29, 0.717) is 12.2 Å². The minimum Gasteiger partial charge on any atom is -0.309 e. The van der Waals surface area contributed by atoms with Crippen molar-refractivity contribution in [1.82, 2.24) is 10.3 Å². The Labute approximate surface area is 132 Å². The van der Waals surface area contributed by atoms with Crippen molar-refractivity contribution in [3.05, 3.63) is 57.7 Å². The van der Waals surface area contributed by atoms with Crippen LogP contribution in [-0.2, 0) is 17.8 Å². The largest absolute Gasteiger partial charge is 0.309 e. The third kappa shape index (κ3) is 3.14. The SMILES string of the molecule is Cc1cc(NC(=O)C2Cc3ccccc3CN2)ncc1Br. The summed E-state index contributed by atoms with van der Waals surface area (Å²) in [6.45, 7) is 2.69. The maximum absolute atomic E-state index is 12.3. The molecule has 1 atom stereocenters. The van der Waals surface area contributed by atoms with Crippen LogP contribution >= 0.6 is 15.9 Å². The first-order chi connectivity index (χ1) is 10.1. The molecule has 2 aromatic rings. The molecule has 2 heterocycles. The van der Waals surface area contributed by atoms with Crippen molar-refractivity contribution in [3.63, 3.8) is 0 Å². The van der Waals surface area contributed by atoms with Crippen LogP contribution in [0.4, 0.5) is 5.82 Å². The van der Waals surface area contributed by atoms with Crippen LogP contribution < -0.4 is 10.6 Å². The molecule has 0 bridgehead atoms. The van der Waals surface area contributed by atoms with Crippen LogP contribution in [0.25, 0.3) is 0 Å². The first-order valence-corrected chi connectivity index (χ1v) is 7.66. The molecule has 21 heavy (non-hydrogen) atoms. The van der Waals surface area contributed by atoms with E-state index in [-0.39, 0.29) is 11.9 Å². The summed E-state index contributed by atoms with van der Waals surface area (Å²) in [6, 6.07) is 9.85. The summed E-state index contributed by atoms with van der Waals surface area (Å²) in [7, 11) is 0. The van der Waals surface area contributed by atoms with Crippen LogP contribution in [0.5, 0.6) is 0 Å². The van der Waals surface area contributed by atoms with Crippen molar-refractivity contribution in [2.24, 2.45) is 0 Å². The van der Waals surface area contributed by atoms with E-state index in [1.165, 1.54) is 11.1 Å². The number of carbonyl (C=O) groups excluding carboxylic acids is 1. The Kier molecular flexibility index (Phi) is 4.03. The van der Waals surface area contributed by atoms with Gasteiger partial charge in [0.15, 0.2) is 0 Å². The van der Waals surface area contributed by atoms with Gasteiger partial charge in [0.25, 0.3) is 0 Å². The Balaban J connectivity index is 1.70. The van der Waals surface area contributed by atoms with Crippen LogP contribution in [0.15, 0.2) is 41.0 Å². The molecule has 1 unspecified atom stereocenters. The Morgan fingerprint density at radius 2 is 2.14 bits per heavy atom. The van der Waals surface area contributed by atoms with E-state index in [0.717, 1.165) is 16.6 Å². The number of nitrogens with zero attached hydrogens (tertiary/aromatic N) is 1. The number of fused-ring (bicyclic) bond motifs is 1. The number of anilines is 1. The first-order valence-electron chi connectivity index (χ1n) is 6.86. The molecular formula is C16H16BrN3O. The van der Waals surface area contributed by atoms with Gasteiger partial charge in [-0.2, -0.15) is 0 Å². The summed E-state index contributed by atoms with van der Waals surface area (Å²) in [5, 5.41) is 6.15. The molecule has 1 aliphatic rings. The zero-order valence-electron chi connectivity index (χ0n) is 11.7. The molecule has 108 valence electrons. The lowest BCUT2D eigenvalue weighted by Gasteiger charge is -2.25. The van der Waals surface area contributed by atoms with Gasteiger partial charge in [0.1, 0.15) is 5.82 Å². The molecule has 0 saturated heterocycles. The fourth-order valence-corrected chi connectivity index (χ4v) is 2.68. The number of pyridine rings is 1. The highest BCUT2D eigenvalue weighted by molar-refractivity contribution is 9.10. The summed E-state index contributed by atoms with van der Waals surface area (Å²) >= 11 is 3.40. The van der Waals surface area contributed by atoms with Gasteiger partial charge >= 0.3 is 0 Å². The lowest BCUT2D eigenvalue weighted by Crippen LogP contribution is -2.44. The molecule has 0 fully saturated rings. The number of rotatable bonds is 2. The molecule has 1 aliphatic heterocycles. The second kappa shape index (κ2) is 5.95. The molecule has 1 aromatic carbocycles. The van der Waals surface area contributed by atoms with Crippen LogP contribution in [0.3, 0.4) is 0 Å². The van der Waals surface area contributed by atoms with Crippen molar-refractivity contribution in [2.45, 2.75) is 25.9 Å². The predicted octanol–water partition coefficient (Wildman–Crippen LogP) is 2.81. The number of carbonyl (C=O) groups is 1. The molecule has 5 heteroatoms. The minimum atomic E-state index is -0.217. The van der Waals surface area contributed by atoms with E-state index in [1.807, 2.05) is 25.1 Å². The smallest absolute Gasteiger partial charge is 0.243 e. The van der Waals surface area contributed by atoms with Gasteiger partial charge < -0.3 is 10.6 Å². The number of halogens is 1. The Hall–Kier alpha value is -1.72. The monoisotopic (exact) mass is 345 g/mol. The van der Waals surface area contributed by atoms with E-state index in [4.69, 9.17) is 0 Å². The standard InChI is InChI=1S/C16H16BrN3O/c1-10-6-15(19-9-13(10)17)20-16(21)14-7-11-4-2-3-5-12(11)8-18-14/h2-6,9,14,18H,7-8H2,1H3,(H,19,20,21). The van der Waals surface area contributed by atoms with Crippen LogP contribution in [0, 0.1) is 6.92 Å². The molecule has 1 amide bonds. The molecular weight excluding hydrogens is 330 g/mol. The van der Waals surface area contributed by atoms with Crippen molar-refractivity contribution >= 4 is 27.7 Å². The minimum absolute atomic E-state index is 0.0428. The first kappa shape index (κ1) is 14.2. The number of hydrogen-bond acceptors (Lipinski definition) is 3. The third-order valence-corrected chi connectivity index (χ3v) is 4.53. The van der Waals surface area contributed by atoms with E-state index in [1.54, 1.807) is 6.20 Å². The van der Waals surface area contributed by atoms with Crippen LogP contribution in [-0.4, -0.2) is 16.9 Å². The number of hydrogen-bond donors (Lipinski definition) is 2. The lowest BCUT2D eigenvalue weighted by atomic mass is 9.95. The molecule has 2 N–H and O–H groups in total. The number of benzene rings is 1. The third-order valence-electron chi connectivity index (χ3n) is 3.70. The van der Waals surface area contributed by atoms with Crippen molar-refractivity contribution in [3.8, 4) is 0 Å². The number of aromatic nitrogens is 1. The molecule has 0 spiro atoms. The van der Waals surface area contributed by atoms with Crippen LogP contribution in [0.1, 0.15) is 16.7 Å². The highest BCUT2D eigenvalue weighted by Gasteiger charge is 2.24. The molecule has 3 rings (SSSR count). The number of nitrogens with one attached hydrogen (secondary N) is 2. The molecule has 0 aliphatic carbocycles. The van der Waals surface area contributed by atoms with E-state index < -0.39 is 0 Å². The summed E-state index contributed by atoms with van der Waals surface area (Å²) < 4.78 is 0.935. The summed E-state index contributed by atoms with van der Waals surface area (Å²) in [5.41, 5.74) is 3.54. The van der Waals surface area contributed by atoms with E-state index in [2.05, 4.69) is 43.7 Å². The molecule has 0 radical (unpaired) electrons. The predicted molar refractivity (Wildman–Crippen MR) is 86.1 cm³/mol. The second-order valence-electron chi connectivity index (χ2n) is 5.21. The van der Waals surface area contributed by atoms with Gasteiger partial charge in [-0.3, -0.25) is 4.79 Å². The fraction of sp³-hybridized carbons (Fsp3) is 0.250. The van der Waals surface area contributed by atoms with Gasteiger partial charge in [0, 0.05) is 17.2 Å². The van der Waals surface area contributed by atoms with Crippen LogP contribution in [0.2, 0.25) is 0 Å². The highest BCUT2D eigenvalue weighted by Crippen LogP contribution is 2.19. The average Bonchev–Trinajstić information content (AvgIpc) is 2.50. The van der Waals surface area contributed by atoms with Gasteiger partial charge in [-0.15, -0.1) is 0 Å². The number of aryl methyl sites for hydroxylation is 1. The topological polar surface area (TPSA) is 54.0 Å². The summed E-state index contributed by atoms with van der Waals surface area (Å²) in [4.78, 5) is 16.6. The molecule has 4 nitrogen and oxygen atoms in total. The second-order valence-corrected chi connectivity index (χ2v) is 6.07. The van der Waals surface area contributed by atoms with Crippen molar-refractivity contribution in [1.29, 1.82) is 0 Å². The zero-order valence-corrected chi connectivity index (χ0v) is 13.3. The van der Waals surface area contributed by atoms with Crippen molar-refractivity contribution in [2.75, 3.05) is 5.32 Å².